The molecule has 1 heterocycles. The van der Waals surface area contributed by atoms with E-state index in [2.05, 4.69) is 4.72 Å². The maximum absolute atomic E-state index is 12.9. The molecule has 3 rings (SSSR count). The minimum absolute atomic E-state index is 0.112. The van der Waals surface area contributed by atoms with E-state index in [-0.39, 0.29) is 15.7 Å². The smallest absolute Gasteiger partial charge is 0.302 e. The molecule has 0 saturated carbocycles. The summed E-state index contributed by atoms with van der Waals surface area (Å²) in [4.78, 5) is 11.8. The molecule has 0 aliphatic carbocycles. The number of hydrogen-bond donors (Lipinski definition) is 1. The van der Waals surface area contributed by atoms with Gasteiger partial charge in [0.15, 0.2) is 0 Å². The highest BCUT2D eigenvalue weighted by molar-refractivity contribution is 7.92. The highest BCUT2D eigenvalue weighted by Crippen LogP contribution is 2.30. The van der Waals surface area contributed by atoms with Gasteiger partial charge in [-0.3, -0.25) is 9.52 Å². The Hall–Kier alpha value is -2.12. The van der Waals surface area contributed by atoms with Crippen molar-refractivity contribution in [3.8, 4) is 0 Å². The number of thiazole rings is 1. The van der Waals surface area contributed by atoms with Crippen LogP contribution in [0.4, 0.5) is 5.69 Å². The molecule has 0 bridgehead atoms. The monoisotopic (exact) mass is 376 g/mol. The zero-order valence-corrected chi connectivity index (χ0v) is 16.2. The molecular formula is C18H20N2O3S2. The van der Waals surface area contributed by atoms with Crippen molar-refractivity contribution in [3.05, 3.63) is 57.2 Å². The standard InChI is InChI=1S/C18H20N2O3S2/c1-11(2)14-7-5-6-12(3)17(14)19-25(22,23)13-8-9-15-16(10-13)24-18(21)20(15)4/h5-11,19H,1-4H3. The number of nitrogens with one attached hydrogen (secondary N) is 1. The molecule has 0 amide bonds. The molecule has 5 nitrogen and oxygen atoms in total. The van der Waals surface area contributed by atoms with Crippen LogP contribution in [0, 0.1) is 6.92 Å². The summed E-state index contributed by atoms with van der Waals surface area (Å²) in [5.74, 6) is 0.194. The quantitative estimate of drug-likeness (QED) is 0.752. The van der Waals surface area contributed by atoms with Crippen molar-refractivity contribution in [2.24, 2.45) is 7.05 Å². The normalized spacial score (nSPS) is 12.0. The minimum atomic E-state index is -3.74. The number of anilines is 1. The fourth-order valence-corrected chi connectivity index (χ4v) is 4.96. The van der Waals surface area contributed by atoms with Crippen LogP contribution in [0.25, 0.3) is 10.2 Å². The Bertz CT molecular complexity index is 1110. The van der Waals surface area contributed by atoms with Crippen molar-refractivity contribution in [2.75, 3.05) is 4.72 Å². The van der Waals surface area contributed by atoms with Crippen LogP contribution < -0.4 is 9.60 Å². The second-order valence-electron chi connectivity index (χ2n) is 6.36. The van der Waals surface area contributed by atoms with Crippen LogP contribution in [-0.4, -0.2) is 13.0 Å². The Kier molecular flexibility index (Phi) is 4.47. The SMILES string of the molecule is Cc1cccc(C(C)C)c1NS(=O)(=O)c1ccc2c(c1)sc(=O)n2C. The van der Waals surface area contributed by atoms with Crippen LogP contribution in [0.5, 0.6) is 0 Å². The largest absolute Gasteiger partial charge is 0.307 e. The molecule has 3 aromatic rings. The lowest BCUT2D eigenvalue weighted by atomic mass is 9.99. The van der Waals surface area contributed by atoms with Gasteiger partial charge in [-0.15, -0.1) is 0 Å². The molecule has 0 atom stereocenters. The van der Waals surface area contributed by atoms with E-state index in [9.17, 15) is 13.2 Å². The predicted octanol–water partition coefficient (Wildman–Crippen LogP) is 3.83. The Morgan fingerprint density at radius 3 is 2.56 bits per heavy atom. The van der Waals surface area contributed by atoms with Gasteiger partial charge in [-0.1, -0.05) is 43.4 Å². The Morgan fingerprint density at radius 2 is 1.88 bits per heavy atom. The molecular weight excluding hydrogens is 356 g/mol. The predicted molar refractivity (Wildman–Crippen MR) is 103 cm³/mol. The molecule has 2 aromatic carbocycles. The van der Waals surface area contributed by atoms with Crippen molar-refractivity contribution in [3.63, 3.8) is 0 Å². The van der Waals surface area contributed by atoms with Gasteiger partial charge >= 0.3 is 4.87 Å². The van der Waals surface area contributed by atoms with Crippen molar-refractivity contribution in [2.45, 2.75) is 31.6 Å². The minimum Gasteiger partial charge on any atom is -0.302 e. The number of sulfonamides is 1. The zero-order chi connectivity index (χ0) is 18.4. The van der Waals surface area contributed by atoms with Gasteiger partial charge in [0, 0.05) is 7.05 Å². The van der Waals surface area contributed by atoms with Gasteiger partial charge in [-0.2, -0.15) is 0 Å². The van der Waals surface area contributed by atoms with Gasteiger partial charge in [-0.05, 0) is 42.2 Å². The van der Waals surface area contributed by atoms with E-state index < -0.39 is 10.0 Å². The summed E-state index contributed by atoms with van der Waals surface area (Å²) in [6.45, 7) is 5.94. The third-order valence-corrected chi connectivity index (χ3v) is 6.58. The van der Waals surface area contributed by atoms with E-state index in [1.54, 1.807) is 19.2 Å². The van der Waals surface area contributed by atoms with Crippen LogP contribution in [0.2, 0.25) is 0 Å². The second-order valence-corrected chi connectivity index (χ2v) is 9.03. The van der Waals surface area contributed by atoms with Gasteiger partial charge < -0.3 is 4.57 Å². The fourth-order valence-electron chi connectivity index (χ4n) is 2.79. The molecule has 25 heavy (non-hydrogen) atoms. The number of para-hydroxylation sites is 1. The van der Waals surface area contributed by atoms with Gasteiger partial charge in [0.2, 0.25) is 0 Å². The molecule has 0 radical (unpaired) electrons. The summed E-state index contributed by atoms with van der Waals surface area (Å²) >= 11 is 1.04. The third kappa shape index (κ3) is 3.21. The summed E-state index contributed by atoms with van der Waals surface area (Å²) in [6.07, 6.45) is 0. The van der Waals surface area contributed by atoms with Crippen molar-refractivity contribution >= 4 is 37.3 Å². The molecule has 1 aromatic heterocycles. The average Bonchev–Trinajstić information content (AvgIpc) is 2.83. The molecule has 0 spiro atoms. The lowest BCUT2D eigenvalue weighted by molar-refractivity contribution is 0.601. The summed E-state index contributed by atoms with van der Waals surface area (Å²) in [5, 5.41) is 0. The Labute approximate surface area is 151 Å². The first kappa shape index (κ1) is 17.7. The molecule has 0 aliphatic heterocycles. The van der Waals surface area contributed by atoms with Crippen LogP contribution >= 0.6 is 11.3 Å². The van der Waals surface area contributed by atoms with Crippen molar-refractivity contribution < 1.29 is 8.42 Å². The van der Waals surface area contributed by atoms with E-state index >= 15 is 0 Å². The van der Waals surface area contributed by atoms with Crippen LogP contribution in [0.1, 0.15) is 30.9 Å². The zero-order valence-electron chi connectivity index (χ0n) is 14.5. The number of fused-ring (bicyclic) bond motifs is 1. The van der Waals surface area contributed by atoms with Gasteiger partial charge in [0.05, 0.1) is 20.8 Å². The Morgan fingerprint density at radius 1 is 1.16 bits per heavy atom. The summed E-state index contributed by atoms with van der Waals surface area (Å²) in [5.41, 5.74) is 3.18. The van der Waals surface area contributed by atoms with E-state index in [1.807, 2.05) is 39.0 Å². The molecule has 1 N–H and O–H groups in total. The first-order valence-electron chi connectivity index (χ1n) is 7.92. The molecule has 0 saturated heterocycles. The first-order valence-corrected chi connectivity index (χ1v) is 10.2. The van der Waals surface area contributed by atoms with E-state index in [1.165, 1.54) is 10.6 Å². The Balaban J connectivity index is 2.08. The van der Waals surface area contributed by atoms with E-state index in [4.69, 9.17) is 0 Å². The van der Waals surface area contributed by atoms with Gasteiger partial charge in [0.25, 0.3) is 10.0 Å². The third-order valence-electron chi connectivity index (χ3n) is 4.24. The summed E-state index contributed by atoms with van der Waals surface area (Å²) < 4.78 is 30.6. The molecule has 0 unspecified atom stereocenters. The van der Waals surface area contributed by atoms with E-state index in [0.29, 0.717) is 10.4 Å². The number of benzene rings is 2. The molecule has 0 aliphatic rings. The molecule has 7 heteroatoms. The van der Waals surface area contributed by atoms with Gasteiger partial charge in [0.1, 0.15) is 0 Å². The number of nitrogens with zero attached hydrogens (tertiary/aromatic N) is 1. The second kappa shape index (κ2) is 6.31. The lowest BCUT2D eigenvalue weighted by Gasteiger charge is -2.17. The number of rotatable bonds is 4. The van der Waals surface area contributed by atoms with Crippen LogP contribution in [-0.2, 0) is 17.1 Å². The summed E-state index contributed by atoms with van der Waals surface area (Å²) in [7, 11) is -2.07. The average molecular weight is 377 g/mol. The topological polar surface area (TPSA) is 68.2 Å². The van der Waals surface area contributed by atoms with Gasteiger partial charge in [-0.25, -0.2) is 8.42 Å². The highest BCUT2D eigenvalue weighted by Gasteiger charge is 2.19. The van der Waals surface area contributed by atoms with Crippen molar-refractivity contribution in [1.29, 1.82) is 0 Å². The van der Waals surface area contributed by atoms with Crippen molar-refractivity contribution in [1.82, 2.24) is 4.57 Å². The number of hydrogen-bond acceptors (Lipinski definition) is 4. The molecule has 132 valence electrons. The van der Waals surface area contributed by atoms with Crippen LogP contribution in [0.15, 0.2) is 46.1 Å². The maximum atomic E-state index is 12.9. The summed E-state index contributed by atoms with van der Waals surface area (Å²) in [6, 6.07) is 10.5. The van der Waals surface area contributed by atoms with Crippen LogP contribution in [0.3, 0.4) is 0 Å². The number of aromatic nitrogens is 1. The first-order chi connectivity index (χ1) is 11.7. The molecule has 0 fully saturated rings. The fraction of sp³-hybridized carbons (Fsp3) is 0.278. The number of aryl methyl sites for hydroxylation is 2. The van der Waals surface area contributed by atoms with E-state index in [0.717, 1.165) is 28.0 Å². The lowest BCUT2D eigenvalue weighted by Crippen LogP contribution is -2.15. The maximum Gasteiger partial charge on any atom is 0.307 e. The highest BCUT2D eigenvalue weighted by atomic mass is 32.2.